The molecule has 0 unspecified atom stereocenters. The highest BCUT2D eigenvalue weighted by molar-refractivity contribution is 6.09. The van der Waals surface area contributed by atoms with Crippen molar-refractivity contribution in [3.8, 4) is 0 Å². The summed E-state index contributed by atoms with van der Waals surface area (Å²) < 4.78 is 0. The molecule has 1 spiro atoms. The number of likely N-dealkylation sites (tertiary alicyclic amines) is 1. The molecule has 1 heterocycles. The number of rotatable bonds is 4. The minimum atomic E-state index is -1.37. The Morgan fingerprint density at radius 1 is 1.14 bits per heavy atom. The van der Waals surface area contributed by atoms with Crippen molar-refractivity contribution in [1.29, 1.82) is 0 Å². The number of aliphatic carboxylic acids is 1. The Balaban J connectivity index is 2.39. The second-order valence-corrected chi connectivity index (χ2v) is 6.45. The van der Waals surface area contributed by atoms with Crippen LogP contribution < -0.4 is 0 Å². The van der Waals surface area contributed by atoms with E-state index >= 15 is 0 Å². The van der Waals surface area contributed by atoms with Gasteiger partial charge in [0.1, 0.15) is 5.54 Å². The fraction of sp³-hybridized carbons (Fsp3) is 0.812. The highest BCUT2D eigenvalue weighted by Crippen LogP contribution is 2.47. The number of hydrogen-bond acceptors (Lipinski definition) is 3. The normalized spacial score (nSPS) is 22.7. The van der Waals surface area contributed by atoms with E-state index < -0.39 is 16.9 Å². The Morgan fingerprint density at radius 3 is 2.10 bits per heavy atom. The standard InChI is InChI=1S/C16H25NO4/c1-3-16(4-2,14(20)21)17-12(18)11-15(13(17)19)9-7-5-6-8-10-15/h3-11H2,1-2H3,(H,20,21). The Kier molecular flexibility index (Phi) is 4.40. The lowest BCUT2D eigenvalue weighted by molar-refractivity contribution is -0.165. The smallest absolute Gasteiger partial charge is 0.330 e. The lowest BCUT2D eigenvalue weighted by atomic mass is 9.78. The van der Waals surface area contributed by atoms with E-state index in [2.05, 4.69) is 0 Å². The van der Waals surface area contributed by atoms with Crippen LogP contribution in [0, 0.1) is 5.41 Å². The van der Waals surface area contributed by atoms with Crippen LogP contribution in [0.3, 0.4) is 0 Å². The van der Waals surface area contributed by atoms with Crippen LogP contribution in [0.25, 0.3) is 0 Å². The van der Waals surface area contributed by atoms with E-state index in [-0.39, 0.29) is 31.1 Å². The largest absolute Gasteiger partial charge is 0.479 e. The van der Waals surface area contributed by atoms with Crippen molar-refractivity contribution in [1.82, 2.24) is 4.90 Å². The third kappa shape index (κ3) is 2.36. The van der Waals surface area contributed by atoms with Gasteiger partial charge in [0.15, 0.2) is 0 Å². The van der Waals surface area contributed by atoms with Gasteiger partial charge in [-0.25, -0.2) is 4.79 Å². The first-order chi connectivity index (χ1) is 9.93. The average Bonchev–Trinajstić information content (AvgIpc) is 2.62. The molecular formula is C16H25NO4. The van der Waals surface area contributed by atoms with E-state index in [0.717, 1.165) is 43.4 Å². The number of hydrogen-bond donors (Lipinski definition) is 1. The fourth-order valence-corrected chi connectivity index (χ4v) is 3.99. The molecule has 0 aromatic carbocycles. The van der Waals surface area contributed by atoms with Gasteiger partial charge < -0.3 is 5.11 Å². The van der Waals surface area contributed by atoms with Gasteiger partial charge in [-0.05, 0) is 25.7 Å². The molecule has 2 fully saturated rings. The lowest BCUT2D eigenvalue weighted by Crippen LogP contribution is -2.57. The monoisotopic (exact) mass is 295 g/mol. The first kappa shape index (κ1) is 16.0. The van der Waals surface area contributed by atoms with E-state index in [1.54, 1.807) is 13.8 Å². The van der Waals surface area contributed by atoms with Crippen molar-refractivity contribution >= 4 is 17.8 Å². The van der Waals surface area contributed by atoms with Crippen molar-refractivity contribution in [3.05, 3.63) is 0 Å². The van der Waals surface area contributed by atoms with Crippen LogP contribution in [-0.4, -0.2) is 33.3 Å². The van der Waals surface area contributed by atoms with Gasteiger partial charge in [-0.1, -0.05) is 39.5 Å². The molecule has 0 radical (unpaired) electrons. The van der Waals surface area contributed by atoms with Crippen LogP contribution in [0.15, 0.2) is 0 Å². The Morgan fingerprint density at radius 2 is 1.67 bits per heavy atom. The molecule has 1 aliphatic heterocycles. The number of nitrogens with zero attached hydrogens (tertiary/aromatic N) is 1. The van der Waals surface area contributed by atoms with E-state index in [4.69, 9.17) is 0 Å². The lowest BCUT2D eigenvalue weighted by Gasteiger charge is -2.36. The molecule has 2 rings (SSSR count). The number of carbonyl (C=O) groups excluding carboxylic acids is 2. The van der Waals surface area contributed by atoms with Gasteiger partial charge in [0.05, 0.1) is 5.41 Å². The molecule has 1 N–H and O–H groups in total. The number of carboxylic acid groups (broad SMARTS) is 1. The van der Waals surface area contributed by atoms with Crippen LogP contribution >= 0.6 is 0 Å². The van der Waals surface area contributed by atoms with Gasteiger partial charge in [0.2, 0.25) is 11.8 Å². The second-order valence-electron chi connectivity index (χ2n) is 6.45. The third-order valence-corrected chi connectivity index (χ3v) is 5.45. The van der Waals surface area contributed by atoms with Crippen LogP contribution in [0.2, 0.25) is 0 Å². The number of imide groups is 1. The highest BCUT2D eigenvalue weighted by atomic mass is 16.4. The molecule has 1 saturated carbocycles. The van der Waals surface area contributed by atoms with Crippen LogP contribution in [0.5, 0.6) is 0 Å². The number of carboxylic acids is 1. The van der Waals surface area contributed by atoms with E-state index in [9.17, 15) is 19.5 Å². The summed E-state index contributed by atoms with van der Waals surface area (Å²) in [4.78, 5) is 38.3. The third-order valence-electron chi connectivity index (χ3n) is 5.45. The van der Waals surface area contributed by atoms with Crippen LogP contribution in [-0.2, 0) is 14.4 Å². The van der Waals surface area contributed by atoms with Crippen molar-refractivity contribution in [2.24, 2.45) is 5.41 Å². The Labute approximate surface area is 125 Å². The Bertz CT molecular complexity index is 445. The van der Waals surface area contributed by atoms with E-state index in [1.165, 1.54) is 0 Å². The van der Waals surface area contributed by atoms with Crippen molar-refractivity contribution in [2.75, 3.05) is 0 Å². The summed E-state index contributed by atoms with van der Waals surface area (Å²) in [6, 6.07) is 0. The molecule has 2 aliphatic rings. The highest BCUT2D eigenvalue weighted by Gasteiger charge is 2.58. The predicted molar refractivity (Wildman–Crippen MR) is 77.6 cm³/mol. The maximum atomic E-state index is 13.0. The molecule has 0 aromatic rings. The quantitative estimate of drug-likeness (QED) is 0.809. The number of amides is 2. The first-order valence-corrected chi connectivity index (χ1v) is 8.04. The maximum Gasteiger partial charge on any atom is 0.330 e. The topological polar surface area (TPSA) is 74.7 Å². The van der Waals surface area contributed by atoms with Crippen molar-refractivity contribution in [3.63, 3.8) is 0 Å². The summed E-state index contributed by atoms with van der Waals surface area (Å²) in [7, 11) is 0. The molecule has 5 nitrogen and oxygen atoms in total. The predicted octanol–water partition coefficient (Wildman–Crippen LogP) is 2.73. The van der Waals surface area contributed by atoms with Gasteiger partial charge in [0.25, 0.3) is 0 Å². The zero-order valence-electron chi connectivity index (χ0n) is 13.0. The van der Waals surface area contributed by atoms with Gasteiger partial charge in [-0.15, -0.1) is 0 Å². The molecule has 0 bridgehead atoms. The molecule has 5 heteroatoms. The minimum Gasteiger partial charge on any atom is -0.479 e. The molecule has 1 saturated heterocycles. The van der Waals surface area contributed by atoms with E-state index in [1.807, 2.05) is 0 Å². The summed E-state index contributed by atoms with van der Waals surface area (Å²) in [6.07, 6.45) is 6.23. The summed E-state index contributed by atoms with van der Waals surface area (Å²) in [5.41, 5.74) is -2.00. The van der Waals surface area contributed by atoms with Crippen molar-refractivity contribution in [2.45, 2.75) is 77.2 Å². The number of carbonyl (C=O) groups is 3. The second kappa shape index (κ2) is 5.78. The molecule has 2 amide bonds. The van der Waals surface area contributed by atoms with Gasteiger partial charge in [-0.3, -0.25) is 14.5 Å². The molecule has 21 heavy (non-hydrogen) atoms. The zero-order chi connectivity index (χ0) is 15.7. The molecular weight excluding hydrogens is 270 g/mol. The molecule has 118 valence electrons. The first-order valence-electron chi connectivity index (χ1n) is 8.04. The maximum absolute atomic E-state index is 13.0. The molecule has 0 atom stereocenters. The summed E-state index contributed by atoms with van der Waals surface area (Å²) in [5.74, 6) is -1.60. The summed E-state index contributed by atoms with van der Waals surface area (Å²) >= 11 is 0. The van der Waals surface area contributed by atoms with E-state index in [0.29, 0.717) is 0 Å². The molecule has 1 aliphatic carbocycles. The molecule has 0 aromatic heterocycles. The minimum absolute atomic E-state index is 0.195. The Hall–Kier alpha value is -1.39. The summed E-state index contributed by atoms with van der Waals surface area (Å²) in [6.45, 7) is 3.46. The van der Waals surface area contributed by atoms with Gasteiger partial charge in [0, 0.05) is 6.42 Å². The van der Waals surface area contributed by atoms with Gasteiger partial charge >= 0.3 is 5.97 Å². The zero-order valence-corrected chi connectivity index (χ0v) is 13.0. The van der Waals surface area contributed by atoms with Crippen molar-refractivity contribution < 1.29 is 19.5 Å². The average molecular weight is 295 g/mol. The van der Waals surface area contributed by atoms with Crippen LogP contribution in [0.4, 0.5) is 0 Å². The van der Waals surface area contributed by atoms with Crippen LogP contribution in [0.1, 0.15) is 71.6 Å². The summed E-state index contributed by atoms with van der Waals surface area (Å²) in [5, 5.41) is 9.62. The SMILES string of the molecule is CCC(CC)(C(=O)O)N1C(=O)CC2(CCCCCC2)C1=O. The van der Waals surface area contributed by atoms with Gasteiger partial charge in [-0.2, -0.15) is 0 Å². The fourth-order valence-electron chi connectivity index (χ4n) is 3.99.